The summed E-state index contributed by atoms with van der Waals surface area (Å²) in [7, 11) is 1.53. The van der Waals surface area contributed by atoms with E-state index < -0.39 is 36.9 Å². The number of carbonyl (C=O) groups excluding carboxylic acids is 1. The van der Waals surface area contributed by atoms with E-state index in [4.69, 9.17) is 23.7 Å². The van der Waals surface area contributed by atoms with E-state index in [2.05, 4.69) is 5.32 Å². The van der Waals surface area contributed by atoms with Crippen molar-refractivity contribution in [3.8, 4) is 11.5 Å². The van der Waals surface area contributed by atoms with Crippen LogP contribution in [0.1, 0.15) is 18.8 Å². The van der Waals surface area contributed by atoms with E-state index in [0.29, 0.717) is 11.5 Å². The molecule has 0 spiro atoms. The zero-order valence-corrected chi connectivity index (χ0v) is 16.8. The maximum Gasteiger partial charge on any atom is 0.223 e. The van der Waals surface area contributed by atoms with Gasteiger partial charge >= 0.3 is 0 Å². The lowest BCUT2D eigenvalue weighted by molar-refractivity contribution is -0.333. The van der Waals surface area contributed by atoms with E-state index in [9.17, 15) is 9.90 Å². The van der Waals surface area contributed by atoms with Crippen LogP contribution in [0.5, 0.6) is 11.5 Å². The summed E-state index contributed by atoms with van der Waals surface area (Å²) in [5.74, 6) is 0.631. The van der Waals surface area contributed by atoms with Crippen molar-refractivity contribution in [1.29, 1.82) is 0 Å². The van der Waals surface area contributed by atoms with Gasteiger partial charge in [-0.25, -0.2) is 0 Å². The highest BCUT2D eigenvalue weighted by Gasteiger charge is 2.50. The molecule has 0 bridgehead atoms. The molecular weight excluding hydrogens is 390 g/mol. The van der Waals surface area contributed by atoms with Gasteiger partial charge in [-0.2, -0.15) is 0 Å². The zero-order valence-electron chi connectivity index (χ0n) is 16.8. The van der Waals surface area contributed by atoms with E-state index in [0.717, 1.165) is 5.56 Å². The Balaban J connectivity index is 1.55. The molecule has 0 aliphatic carbocycles. The molecule has 0 saturated carbocycles. The first-order valence-corrected chi connectivity index (χ1v) is 9.79. The van der Waals surface area contributed by atoms with Crippen LogP contribution in [0.3, 0.4) is 0 Å². The highest BCUT2D eigenvalue weighted by Crippen LogP contribution is 2.36. The highest BCUT2D eigenvalue weighted by atomic mass is 16.7. The van der Waals surface area contributed by atoms with Gasteiger partial charge in [-0.05, 0) is 12.1 Å². The minimum atomic E-state index is -1.07. The van der Waals surface area contributed by atoms with Crippen molar-refractivity contribution in [2.24, 2.45) is 0 Å². The maximum atomic E-state index is 11.8. The minimum absolute atomic E-state index is 0.208. The van der Waals surface area contributed by atoms with Crippen molar-refractivity contribution in [3.63, 3.8) is 0 Å². The summed E-state index contributed by atoms with van der Waals surface area (Å²) in [6.07, 6.45) is -3.91. The molecule has 2 aliphatic rings. The predicted octanol–water partition coefficient (Wildman–Crippen LogP) is 1.78. The molecule has 2 aromatic carbocycles. The molecule has 1 amide bonds. The van der Waals surface area contributed by atoms with E-state index in [1.165, 1.54) is 14.0 Å². The summed E-state index contributed by atoms with van der Waals surface area (Å²) in [5.41, 5.74) is 0.839. The quantitative estimate of drug-likeness (QED) is 0.769. The fourth-order valence-electron chi connectivity index (χ4n) is 3.70. The number of aliphatic hydroxyl groups is 1. The summed E-state index contributed by atoms with van der Waals surface area (Å²) in [5, 5.41) is 13.8. The fraction of sp³-hybridized carbons (Fsp3) is 0.409. The van der Waals surface area contributed by atoms with Crippen LogP contribution < -0.4 is 14.8 Å². The SMILES string of the molecule is COc1ccccc1O[C@@H]1O[C@@H]2CO[C@H](c3ccccc3)O[C@H]2[C@H](O)[C@H]1NC(C)=O. The van der Waals surface area contributed by atoms with Crippen LogP contribution in [0.15, 0.2) is 54.6 Å². The number of nitrogens with one attached hydrogen (secondary N) is 1. The van der Waals surface area contributed by atoms with Crippen LogP contribution >= 0.6 is 0 Å². The molecule has 0 aromatic heterocycles. The Morgan fingerprint density at radius 3 is 2.47 bits per heavy atom. The average molecular weight is 415 g/mol. The number of amides is 1. The number of hydrogen-bond donors (Lipinski definition) is 2. The van der Waals surface area contributed by atoms with Gasteiger partial charge in [0.1, 0.15) is 24.4 Å². The summed E-state index contributed by atoms with van der Waals surface area (Å²) in [6.45, 7) is 1.58. The second kappa shape index (κ2) is 9.01. The number of ether oxygens (including phenoxy) is 5. The molecule has 160 valence electrons. The van der Waals surface area contributed by atoms with Gasteiger partial charge in [0.25, 0.3) is 0 Å². The van der Waals surface area contributed by atoms with Crippen LogP contribution in [-0.2, 0) is 19.0 Å². The lowest BCUT2D eigenvalue weighted by atomic mass is 9.95. The van der Waals surface area contributed by atoms with Crippen molar-refractivity contribution < 1.29 is 33.6 Å². The number of aliphatic hydroxyl groups excluding tert-OH is 1. The smallest absolute Gasteiger partial charge is 0.223 e. The fourth-order valence-corrected chi connectivity index (χ4v) is 3.70. The van der Waals surface area contributed by atoms with Gasteiger partial charge in [0.2, 0.25) is 12.2 Å². The Kier molecular flexibility index (Phi) is 6.19. The Morgan fingerprint density at radius 1 is 1.07 bits per heavy atom. The lowest BCUT2D eigenvalue weighted by Crippen LogP contribution is -2.67. The summed E-state index contributed by atoms with van der Waals surface area (Å²) in [4.78, 5) is 11.8. The van der Waals surface area contributed by atoms with Crippen LogP contribution in [0.25, 0.3) is 0 Å². The van der Waals surface area contributed by atoms with Gasteiger partial charge in [0, 0.05) is 12.5 Å². The topological polar surface area (TPSA) is 95.5 Å². The van der Waals surface area contributed by atoms with Crippen molar-refractivity contribution >= 4 is 5.91 Å². The van der Waals surface area contributed by atoms with Gasteiger partial charge in [0.15, 0.2) is 17.8 Å². The van der Waals surface area contributed by atoms with Gasteiger partial charge in [-0.3, -0.25) is 4.79 Å². The third-order valence-corrected chi connectivity index (χ3v) is 5.12. The molecule has 2 aromatic rings. The van der Waals surface area contributed by atoms with Crippen LogP contribution in [0.2, 0.25) is 0 Å². The van der Waals surface area contributed by atoms with E-state index in [1.54, 1.807) is 18.2 Å². The van der Waals surface area contributed by atoms with Crippen molar-refractivity contribution in [3.05, 3.63) is 60.2 Å². The van der Waals surface area contributed by atoms with E-state index >= 15 is 0 Å². The third kappa shape index (κ3) is 4.27. The molecule has 0 unspecified atom stereocenters. The largest absolute Gasteiger partial charge is 0.493 e. The lowest BCUT2D eigenvalue weighted by Gasteiger charge is -2.47. The molecule has 2 fully saturated rings. The molecule has 30 heavy (non-hydrogen) atoms. The summed E-state index contributed by atoms with van der Waals surface area (Å²) < 4.78 is 29.2. The molecule has 0 radical (unpaired) electrons. The molecule has 2 heterocycles. The van der Waals surface area contributed by atoms with Crippen LogP contribution in [0, 0.1) is 0 Å². The van der Waals surface area contributed by atoms with Gasteiger partial charge in [0.05, 0.1) is 13.7 Å². The normalized spacial score (nSPS) is 30.8. The molecular formula is C22H25NO7. The molecule has 8 heteroatoms. The monoisotopic (exact) mass is 415 g/mol. The molecule has 4 rings (SSSR count). The van der Waals surface area contributed by atoms with Gasteiger partial charge in [-0.1, -0.05) is 42.5 Å². The predicted molar refractivity (Wildman–Crippen MR) is 106 cm³/mol. The molecule has 2 saturated heterocycles. The number of rotatable bonds is 5. The first-order valence-electron chi connectivity index (χ1n) is 9.79. The first-order chi connectivity index (χ1) is 14.6. The first kappa shape index (κ1) is 20.6. The summed E-state index contributed by atoms with van der Waals surface area (Å²) in [6, 6.07) is 15.7. The minimum Gasteiger partial charge on any atom is -0.493 e. The maximum absolute atomic E-state index is 11.8. The Labute approximate surface area is 174 Å². The number of para-hydroxylation sites is 2. The number of hydrogen-bond acceptors (Lipinski definition) is 7. The molecule has 2 aliphatic heterocycles. The number of carbonyl (C=O) groups is 1. The molecule has 6 atom stereocenters. The Hall–Kier alpha value is -2.65. The van der Waals surface area contributed by atoms with Crippen molar-refractivity contribution in [2.75, 3.05) is 13.7 Å². The second-order valence-electron chi connectivity index (χ2n) is 7.21. The number of benzene rings is 2. The zero-order chi connectivity index (χ0) is 21.1. The van der Waals surface area contributed by atoms with Gasteiger partial charge in [-0.15, -0.1) is 0 Å². The van der Waals surface area contributed by atoms with E-state index in [-0.39, 0.29) is 12.5 Å². The number of methoxy groups -OCH3 is 1. The second-order valence-corrected chi connectivity index (χ2v) is 7.21. The van der Waals surface area contributed by atoms with Crippen molar-refractivity contribution in [1.82, 2.24) is 5.32 Å². The summed E-state index contributed by atoms with van der Waals surface area (Å²) >= 11 is 0. The Morgan fingerprint density at radius 2 is 1.77 bits per heavy atom. The van der Waals surface area contributed by atoms with Crippen LogP contribution in [-0.4, -0.2) is 55.4 Å². The standard InChI is InChI=1S/C22H25NO7/c1-13(24)23-18-19(25)20-17(12-27-21(30-20)14-8-4-3-5-9-14)29-22(18)28-16-11-7-6-10-15(16)26-2/h3-11,17-22,25H,12H2,1-2H3,(H,23,24)/t17-,18-,19-,20-,21+,22-/m1/s1. The highest BCUT2D eigenvalue weighted by molar-refractivity contribution is 5.73. The van der Waals surface area contributed by atoms with Gasteiger partial charge < -0.3 is 34.1 Å². The molecule has 8 nitrogen and oxygen atoms in total. The third-order valence-electron chi connectivity index (χ3n) is 5.12. The number of fused-ring (bicyclic) bond motifs is 1. The molecule has 2 N–H and O–H groups in total. The van der Waals surface area contributed by atoms with Crippen molar-refractivity contribution in [2.45, 2.75) is 43.9 Å². The van der Waals surface area contributed by atoms with E-state index in [1.807, 2.05) is 36.4 Å². The average Bonchev–Trinajstić information content (AvgIpc) is 2.77. The Bertz CT molecular complexity index is 862. The van der Waals surface area contributed by atoms with Crippen LogP contribution in [0.4, 0.5) is 0 Å².